The third-order valence-electron chi connectivity index (χ3n) is 3.88. The van der Waals surface area contributed by atoms with Crippen LogP contribution in [-0.4, -0.2) is 15.9 Å². The van der Waals surface area contributed by atoms with E-state index in [9.17, 15) is 4.79 Å². The van der Waals surface area contributed by atoms with Crippen molar-refractivity contribution in [1.82, 2.24) is 9.97 Å². The smallest absolute Gasteiger partial charge is 0.258 e. The fourth-order valence-electron chi connectivity index (χ4n) is 2.58. The van der Waals surface area contributed by atoms with E-state index in [1.165, 1.54) is 12.4 Å². The van der Waals surface area contributed by atoms with Gasteiger partial charge in [-0.1, -0.05) is 29.8 Å². The summed E-state index contributed by atoms with van der Waals surface area (Å²) in [6.45, 7) is 3.91. The van der Waals surface area contributed by atoms with Crippen LogP contribution in [0.5, 0.6) is 0 Å². The number of nitriles is 1. The van der Waals surface area contributed by atoms with E-state index in [1.54, 1.807) is 24.3 Å². The molecule has 0 aliphatic carbocycles. The average molecular weight is 378 g/mol. The summed E-state index contributed by atoms with van der Waals surface area (Å²) >= 11 is 6.28. The van der Waals surface area contributed by atoms with E-state index in [1.807, 2.05) is 32.0 Å². The van der Waals surface area contributed by atoms with Crippen LogP contribution >= 0.6 is 11.6 Å². The van der Waals surface area contributed by atoms with Gasteiger partial charge in [-0.15, -0.1) is 0 Å². The fraction of sp³-hybridized carbons (Fsp3) is 0.100. The van der Waals surface area contributed by atoms with Crippen molar-refractivity contribution in [3.8, 4) is 6.07 Å². The molecule has 7 heteroatoms. The van der Waals surface area contributed by atoms with E-state index in [0.717, 1.165) is 16.8 Å². The first-order valence-electron chi connectivity index (χ1n) is 8.14. The van der Waals surface area contributed by atoms with Gasteiger partial charge in [0.05, 0.1) is 27.5 Å². The quantitative estimate of drug-likeness (QED) is 0.692. The number of hydrogen-bond donors (Lipinski definition) is 2. The maximum atomic E-state index is 12.4. The van der Waals surface area contributed by atoms with Crippen molar-refractivity contribution in [3.63, 3.8) is 0 Å². The Morgan fingerprint density at radius 2 is 1.85 bits per heavy atom. The van der Waals surface area contributed by atoms with Gasteiger partial charge in [0.1, 0.15) is 6.07 Å². The lowest BCUT2D eigenvalue weighted by atomic mass is 10.1. The second-order valence-corrected chi connectivity index (χ2v) is 6.38. The largest absolute Gasteiger partial charge is 0.323 e. The van der Waals surface area contributed by atoms with Crippen molar-refractivity contribution in [2.45, 2.75) is 13.8 Å². The van der Waals surface area contributed by atoms with Crippen molar-refractivity contribution in [1.29, 1.82) is 5.26 Å². The molecule has 1 amide bonds. The summed E-state index contributed by atoms with van der Waals surface area (Å²) in [5.74, 6) is -0.0633. The average Bonchev–Trinajstić information content (AvgIpc) is 2.65. The van der Waals surface area contributed by atoms with Crippen LogP contribution in [0.3, 0.4) is 0 Å². The number of carbonyl (C=O) groups is 1. The molecule has 2 aromatic carbocycles. The van der Waals surface area contributed by atoms with Crippen molar-refractivity contribution in [2.75, 3.05) is 10.6 Å². The van der Waals surface area contributed by atoms with E-state index in [4.69, 9.17) is 16.9 Å². The number of amides is 1. The van der Waals surface area contributed by atoms with Crippen LogP contribution in [0.4, 0.5) is 17.3 Å². The maximum Gasteiger partial charge on any atom is 0.258 e. The number of carbonyl (C=O) groups excluding carboxylic acids is 1. The van der Waals surface area contributed by atoms with Crippen LogP contribution in [0.15, 0.2) is 48.8 Å². The summed E-state index contributed by atoms with van der Waals surface area (Å²) in [6, 6.07) is 12.7. The highest BCUT2D eigenvalue weighted by molar-refractivity contribution is 6.33. The van der Waals surface area contributed by atoms with E-state index in [-0.39, 0.29) is 5.56 Å². The SMILES string of the molecule is Cc1cc(C)c(Nc2ncc(C(=O)Nc3ccccc3C#N)cn2)c(Cl)c1. The summed E-state index contributed by atoms with van der Waals surface area (Å²) in [5, 5.41) is 15.4. The van der Waals surface area contributed by atoms with Crippen LogP contribution < -0.4 is 10.6 Å². The predicted octanol–water partition coefficient (Wildman–Crippen LogP) is 4.61. The van der Waals surface area contributed by atoms with Gasteiger partial charge in [-0.3, -0.25) is 4.79 Å². The van der Waals surface area contributed by atoms with Gasteiger partial charge < -0.3 is 10.6 Å². The fourth-order valence-corrected chi connectivity index (χ4v) is 2.95. The topological polar surface area (TPSA) is 90.7 Å². The predicted molar refractivity (Wildman–Crippen MR) is 105 cm³/mol. The second kappa shape index (κ2) is 7.85. The summed E-state index contributed by atoms with van der Waals surface area (Å²) < 4.78 is 0. The number of aryl methyl sites for hydroxylation is 2. The van der Waals surface area contributed by atoms with Crippen molar-refractivity contribution < 1.29 is 4.79 Å². The molecule has 0 unspecified atom stereocenters. The Hall–Kier alpha value is -3.43. The molecule has 1 aromatic heterocycles. The third-order valence-corrected chi connectivity index (χ3v) is 4.18. The van der Waals surface area contributed by atoms with Crippen molar-refractivity contribution in [3.05, 3.63) is 76.1 Å². The first-order valence-corrected chi connectivity index (χ1v) is 8.52. The molecule has 0 aliphatic heterocycles. The zero-order valence-corrected chi connectivity index (χ0v) is 15.5. The minimum absolute atomic E-state index is 0.278. The standard InChI is InChI=1S/C20H16ClN5O/c1-12-7-13(2)18(16(21)8-12)26-20-23-10-15(11-24-20)19(27)25-17-6-4-3-5-14(17)9-22/h3-8,10-11H,1-2H3,(H,25,27)(H,23,24,26). The van der Waals surface area contributed by atoms with Crippen LogP contribution in [-0.2, 0) is 0 Å². The van der Waals surface area contributed by atoms with Gasteiger partial charge in [0.25, 0.3) is 5.91 Å². The number of anilines is 3. The molecule has 0 saturated carbocycles. The van der Waals surface area contributed by atoms with Crippen LogP contribution in [0.1, 0.15) is 27.0 Å². The van der Waals surface area contributed by atoms with E-state index >= 15 is 0 Å². The number of halogens is 1. The first kappa shape index (κ1) is 18.4. The van der Waals surface area contributed by atoms with Crippen molar-refractivity contribution in [2.24, 2.45) is 0 Å². The minimum Gasteiger partial charge on any atom is -0.323 e. The molecule has 0 aliphatic rings. The van der Waals surface area contributed by atoms with Crippen LogP contribution in [0, 0.1) is 25.2 Å². The Morgan fingerprint density at radius 3 is 2.52 bits per heavy atom. The molecule has 2 N–H and O–H groups in total. The first-order chi connectivity index (χ1) is 13.0. The Kier molecular flexibility index (Phi) is 5.34. The summed E-state index contributed by atoms with van der Waals surface area (Å²) in [6.07, 6.45) is 2.83. The van der Waals surface area contributed by atoms with Gasteiger partial charge >= 0.3 is 0 Å². The van der Waals surface area contributed by atoms with Crippen molar-refractivity contribution >= 4 is 34.8 Å². The number of nitrogens with one attached hydrogen (secondary N) is 2. The molecule has 1 heterocycles. The number of rotatable bonds is 4. The van der Waals surface area contributed by atoms with Gasteiger partial charge in [-0.25, -0.2) is 9.97 Å². The molecule has 0 radical (unpaired) electrons. The number of hydrogen-bond acceptors (Lipinski definition) is 5. The van der Waals surface area contributed by atoms with E-state index < -0.39 is 5.91 Å². The molecule has 134 valence electrons. The van der Waals surface area contributed by atoms with Gasteiger partial charge in [0, 0.05) is 12.4 Å². The molecule has 0 saturated heterocycles. The molecule has 6 nitrogen and oxygen atoms in total. The summed E-state index contributed by atoms with van der Waals surface area (Å²) in [5.41, 5.74) is 3.86. The summed E-state index contributed by atoms with van der Waals surface area (Å²) in [4.78, 5) is 20.7. The van der Waals surface area contributed by atoms with Crippen LogP contribution in [0.25, 0.3) is 0 Å². The Bertz CT molecular complexity index is 1020. The lowest BCUT2D eigenvalue weighted by Gasteiger charge is -2.11. The number of para-hydroxylation sites is 1. The highest BCUT2D eigenvalue weighted by Gasteiger charge is 2.11. The zero-order chi connectivity index (χ0) is 19.4. The lowest BCUT2D eigenvalue weighted by molar-refractivity contribution is 0.102. The van der Waals surface area contributed by atoms with Gasteiger partial charge in [-0.2, -0.15) is 5.26 Å². The normalized spacial score (nSPS) is 10.1. The number of aromatic nitrogens is 2. The molecule has 0 atom stereocenters. The Balaban J connectivity index is 1.76. The number of benzene rings is 2. The molecule has 0 fully saturated rings. The Labute approximate surface area is 161 Å². The molecular weight excluding hydrogens is 362 g/mol. The van der Waals surface area contributed by atoms with E-state index in [2.05, 4.69) is 20.6 Å². The lowest BCUT2D eigenvalue weighted by Crippen LogP contribution is -2.14. The maximum absolute atomic E-state index is 12.4. The second-order valence-electron chi connectivity index (χ2n) is 5.97. The molecule has 3 aromatic rings. The monoisotopic (exact) mass is 377 g/mol. The number of nitrogens with zero attached hydrogens (tertiary/aromatic N) is 3. The zero-order valence-electron chi connectivity index (χ0n) is 14.7. The highest BCUT2D eigenvalue weighted by atomic mass is 35.5. The van der Waals surface area contributed by atoms with Gasteiger partial charge in [0.15, 0.2) is 0 Å². The molecule has 3 rings (SSSR count). The highest BCUT2D eigenvalue weighted by Crippen LogP contribution is 2.29. The minimum atomic E-state index is -0.395. The molecular formula is C20H16ClN5O. The Morgan fingerprint density at radius 1 is 1.15 bits per heavy atom. The molecule has 27 heavy (non-hydrogen) atoms. The van der Waals surface area contributed by atoms with E-state index in [0.29, 0.717) is 22.2 Å². The van der Waals surface area contributed by atoms with Gasteiger partial charge in [-0.05, 0) is 43.2 Å². The molecule has 0 bridgehead atoms. The van der Waals surface area contributed by atoms with Crippen LogP contribution in [0.2, 0.25) is 5.02 Å². The molecule has 0 spiro atoms. The summed E-state index contributed by atoms with van der Waals surface area (Å²) in [7, 11) is 0. The third kappa shape index (κ3) is 4.22. The van der Waals surface area contributed by atoms with Gasteiger partial charge in [0.2, 0.25) is 5.95 Å².